The van der Waals surface area contributed by atoms with Gasteiger partial charge < -0.3 is 20.5 Å². The molecule has 0 unspecified atom stereocenters. The average molecular weight is 322 g/mol. The van der Waals surface area contributed by atoms with Crippen LogP contribution in [0.5, 0.6) is 11.5 Å². The number of carbonyl (C=O) groups excluding carboxylic acids is 1. The Balaban J connectivity index is 2.63. The van der Waals surface area contributed by atoms with Crippen LogP contribution in [-0.2, 0) is 4.79 Å². The van der Waals surface area contributed by atoms with E-state index in [0.29, 0.717) is 5.56 Å². The van der Waals surface area contributed by atoms with Crippen molar-refractivity contribution in [2.75, 3.05) is 20.3 Å². The summed E-state index contributed by atoms with van der Waals surface area (Å²) >= 11 is 4.80. The smallest absolute Gasteiger partial charge is 0.405 e. The summed E-state index contributed by atoms with van der Waals surface area (Å²) in [6.07, 6.45) is -4.47. The van der Waals surface area contributed by atoms with Gasteiger partial charge in [0.25, 0.3) is 5.91 Å². The van der Waals surface area contributed by atoms with Crippen LogP contribution in [0.1, 0.15) is 5.56 Å². The third kappa shape index (κ3) is 5.86. The van der Waals surface area contributed by atoms with Crippen molar-refractivity contribution in [3.63, 3.8) is 0 Å². The van der Waals surface area contributed by atoms with Crippen molar-refractivity contribution in [1.82, 2.24) is 5.32 Å². The predicted molar refractivity (Wildman–Crippen MR) is 73.4 cm³/mol. The zero-order chi connectivity index (χ0) is 16.0. The minimum Gasteiger partial charge on any atom is -0.493 e. The lowest BCUT2D eigenvalue weighted by atomic mass is 10.2. The number of carbonyl (C=O) groups is 1. The lowest BCUT2D eigenvalue weighted by Crippen LogP contribution is -2.36. The van der Waals surface area contributed by atoms with Crippen molar-refractivity contribution in [3.05, 3.63) is 23.8 Å². The predicted octanol–water partition coefficient (Wildman–Crippen LogP) is 1.39. The highest BCUT2D eigenvalue weighted by molar-refractivity contribution is 7.80. The number of methoxy groups -OCH3 is 1. The molecule has 0 aliphatic rings. The van der Waals surface area contributed by atoms with Crippen LogP contribution in [-0.4, -0.2) is 37.3 Å². The van der Waals surface area contributed by atoms with Gasteiger partial charge in [0.2, 0.25) is 0 Å². The van der Waals surface area contributed by atoms with Gasteiger partial charge in [0, 0.05) is 5.56 Å². The standard InChI is InChI=1S/C12H13F3N2O3S/c1-19-9-4-7(11(16)21)2-3-8(9)20-5-10(18)17-6-12(13,14)15/h2-4H,5-6H2,1H3,(H2,16,21)(H,17,18). The van der Waals surface area contributed by atoms with E-state index in [0.717, 1.165) is 0 Å². The summed E-state index contributed by atoms with van der Waals surface area (Å²) in [5, 5.41) is 1.69. The Kier molecular flexibility index (Phi) is 5.77. The molecule has 0 aliphatic carbocycles. The van der Waals surface area contributed by atoms with Gasteiger partial charge in [0.15, 0.2) is 18.1 Å². The van der Waals surface area contributed by atoms with Crippen molar-refractivity contribution in [2.24, 2.45) is 5.73 Å². The molecule has 9 heteroatoms. The van der Waals surface area contributed by atoms with Gasteiger partial charge in [0.1, 0.15) is 11.5 Å². The Morgan fingerprint density at radius 3 is 2.57 bits per heavy atom. The van der Waals surface area contributed by atoms with Crippen LogP contribution >= 0.6 is 12.2 Å². The summed E-state index contributed by atoms with van der Waals surface area (Å²) in [6.45, 7) is -1.98. The molecule has 0 atom stereocenters. The highest BCUT2D eigenvalue weighted by Crippen LogP contribution is 2.28. The second-order valence-electron chi connectivity index (χ2n) is 3.91. The Labute approximate surface area is 124 Å². The molecule has 0 saturated heterocycles. The van der Waals surface area contributed by atoms with Gasteiger partial charge in [-0.2, -0.15) is 13.2 Å². The number of hydrogen-bond donors (Lipinski definition) is 2. The number of halogens is 3. The first-order valence-corrected chi connectivity index (χ1v) is 6.08. The number of benzene rings is 1. The highest BCUT2D eigenvalue weighted by Gasteiger charge is 2.27. The minimum atomic E-state index is -4.47. The largest absolute Gasteiger partial charge is 0.493 e. The molecule has 0 heterocycles. The molecule has 116 valence electrons. The number of thiocarbonyl (C=S) groups is 1. The molecule has 0 fully saturated rings. The van der Waals surface area contributed by atoms with Crippen LogP contribution in [0.4, 0.5) is 13.2 Å². The van der Waals surface area contributed by atoms with Crippen LogP contribution in [0.3, 0.4) is 0 Å². The molecule has 0 saturated carbocycles. The first-order chi connectivity index (χ1) is 9.73. The average Bonchev–Trinajstić information content (AvgIpc) is 2.41. The van der Waals surface area contributed by atoms with E-state index >= 15 is 0 Å². The quantitative estimate of drug-likeness (QED) is 0.774. The Morgan fingerprint density at radius 2 is 2.05 bits per heavy atom. The molecule has 0 aromatic heterocycles. The third-order valence-electron chi connectivity index (χ3n) is 2.29. The number of ether oxygens (including phenoxy) is 2. The van der Waals surface area contributed by atoms with Gasteiger partial charge >= 0.3 is 6.18 Å². The maximum Gasteiger partial charge on any atom is 0.405 e. The van der Waals surface area contributed by atoms with Gasteiger partial charge in [-0.05, 0) is 18.2 Å². The topological polar surface area (TPSA) is 73.6 Å². The van der Waals surface area contributed by atoms with Crippen LogP contribution in [0.25, 0.3) is 0 Å². The number of nitrogens with two attached hydrogens (primary N) is 1. The fraction of sp³-hybridized carbons (Fsp3) is 0.333. The molecule has 1 aromatic carbocycles. The second kappa shape index (κ2) is 7.11. The van der Waals surface area contributed by atoms with Crippen molar-refractivity contribution in [3.8, 4) is 11.5 Å². The summed E-state index contributed by atoms with van der Waals surface area (Å²) in [7, 11) is 1.37. The summed E-state index contributed by atoms with van der Waals surface area (Å²) in [6, 6.07) is 4.52. The Morgan fingerprint density at radius 1 is 1.38 bits per heavy atom. The summed E-state index contributed by atoms with van der Waals surface area (Å²) in [4.78, 5) is 11.4. The fourth-order valence-electron chi connectivity index (χ4n) is 1.33. The van der Waals surface area contributed by atoms with Gasteiger partial charge in [0.05, 0.1) is 7.11 Å². The van der Waals surface area contributed by atoms with Crippen molar-refractivity contribution in [2.45, 2.75) is 6.18 Å². The fourth-order valence-corrected chi connectivity index (χ4v) is 1.46. The van der Waals surface area contributed by atoms with Gasteiger partial charge in [-0.1, -0.05) is 12.2 Å². The van der Waals surface area contributed by atoms with E-state index in [4.69, 9.17) is 27.4 Å². The van der Waals surface area contributed by atoms with E-state index < -0.39 is 25.2 Å². The van der Waals surface area contributed by atoms with Gasteiger partial charge in [-0.3, -0.25) is 4.79 Å². The monoisotopic (exact) mass is 322 g/mol. The molecule has 0 radical (unpaired) electrons. The number of amides is 1. The lowest BCUT2D eigenvalue weighted by molar-refractivity contribution is -0.139. The van der Waals surface area contributed by atoms with Crippen LogP contribution in [0.2, 0.25) is 0 Å². The van der Waals surface area contributed by atoms with Crippen molar-refractivity contribution in [1.29, 1.82) is 0 Å². The first-order valence-electron chi connectivity index (χ1n) is 5.67. The summed E-state index contributed by atoms with van der Waals surface area (Å²) in [5.41, 5.74) is 5.99. The molecule has 1 rings (SSSR count). The zero-order valence-corrected chi connectivity index (χ0v) is 11.8. The number of nitrogens with one attached hydrogen (secondary N) is 1. The first kappa shape index (κ1) is 17.0. The molecule has 21 heavy (non-hydrogen) atoms. The molecular formula is C12H13F3N2O3S. The van der Waals surface area contributed by atoms with E-state index in [1.807, 2.05) is 0 Å². The Bertz CT molecular complexity index is 535. The maximum absolute atomic E-state index is 11.9. The molecule has 0 aliphatic heterocycles. The number of hydrogen-bond acceptors (Lipinski definition) is 4. The normalized spacial score (nSPS) is 10.9. The Hall–Kier alpha value is -2.03. The molecule has 3 N–H and O–H groups in total. The van der Waals surface area contributed by atoms with E-state index in [9.17, 15) is 18.0 Å². The van der Waals surface area contributed by atoms with Gasteiger partial charge in [-0.15, -0.1) is 0 Å². The molecule has 1 amide bonds. The van der Waals surface area contributed by atoms with E-state index in [1.165, 1.54) is 19.2 Å². The second-order valence-corrected chi connectivity index (χ2v) is 4.35. The molecule has 0 bridgehead atoms. The minimum absolute atomic E-state index is 0.155. The maximum atomic E-state index is 11.9. The third-order valence-corrected chi connectivity index (χ3v) is 2.53. The van der Waals surface area contributed by atoms with Crippen molar-refractivity contribution >= 4 is 23.1 Å². The molecule has 1 aromatic rings. The summed E-state index contributed by atoms with van der Waals surface area (Å²) in [5.74, 6) is -0.434. The number of rotatable bonds is 6. The van der Waals surface area contributed by atoms with Crippen LogP contribution < -0.4 is 20.5 Å². The number of alkyl halides is 3. The van der Waals surface area contributed by atoms with E-state index in [1.54, 1.807) is 11.4 Å². The zero-order valence-electron chi connectivity index (χ0n) is 11.0. The van der Waals surface area contributed by atoms with Crippen LogP contribution in [0, 0.1) is 0 Å². The lowest BCUT2D eigenvalue weighted by Gasteiger charge is -2.12. The van der Waals surface area contributed by atoms with E-state index in [-0.39, 0.29) is 16.5 Å². The highest BCUT2D eigenvalue weighted by atomic mass is 32.1. The van der Waals surface area contributed by atoms with Crippen LogP contribution in [0.15, 0.2) is 18.2 Å². The SMILES string of the molecule is COc1cc(C(N)=S)ccc1OCC(=O)NCC(F)(F)F. The van der Waals surface area contributed by atoms with E-state index in [2.05, 4.69) is 0 Å². The summed E-state index contributed by atoms with van der Waals surface area (Å²) < 4.78 is 45.9. The molecule has 0 spiro atoms. The molecular weight excluding hydrogens is 309 g/mol. The molecule has 5 nitrogen and oxygen atoms in total. The van der Waals surface area contributed by atoms with Gasteiger partial charge in [-0.25, -0.2) is 0 Å². The van der Waals surface area contributed by atoms with Crippen molar-refractivity contribution < 1.29 is 27.4 Å².